The van der Waals surface area contributed by atoms with Crippen LogP contribution in [0.4, 0.5) is 9.18 Å². The number of carbonyl (C=O) groups excluding carboxylic acids is 1. The highest BCUT2D eigenvalue weighted by molar-refractivity contribution is 5.69. The Kier molecular flexibility index (Phi) is 3.10. The van der Waals surface area contributed by atoms with Crippen LogP contribution in [0.15, 0.2) is 0 Å². The van der Waals surface area contributed by atoms with Crippen molar-refractivity contribution in [1.82, 2.24) is 4.90 Å². The number of hydrogen-bond acceptors (Lipinski definition) is 4. The van der Waals surface area contributed by atoms with Crippen molar-refractivity contribution in [3.63, 3.8) is 0 Å². The molecule has 5 nitrogen and oxygen atoms in total. The van der Waals surface area contributed by atoms with Crippen molar-refractivity contribution in [2.24, 2.45) is 0 Å². The Morgan fingerprint density at radius 3 is 2.50 bits per heavy atom. The lowest BCUT2D eigenvalue weighted by Gasteiger charge is -2.44. The monoisotopic (exact) mass is 230 g/mol. The molecule has 90 valence electrons. The summed E-state index contributed by atoms with van der Waals surface area (Å²) in [5.74, 6) is 0. The van der Waals surface area contributed by atoms with E-state index in [0.29, 0.717) is 0 Å². The Morgan fingerprint density at radius 2 is 2.12 bits per heavy atom. The first-order valence-electron chi connectivity index (χ1n) is 4.92. The highest BCUT2D eigenvalue weighted by atomic mass is 19.1. The highest BCUT2D eigenvalue weighted by Crippen LogP contribution is 2.30. The molecule has 1 atom stereocenters. The van der Waals surface area contributed by atoms with Crippen molar-refractivity contribution in [3.05, 3.63) is 0 Å². The first-order chi connectivity index (χ1) is 7.18. The van der Waals surface area contributed by atoms with Crippen molar-refractivity contribution in [3.8, 4) is 6.07 Å². The molecule has 1 aliphatic rings. The third-order valence-corrected chi connectivity index (χ3v) is 2.17. The van der Waals surface area contributed by atoms with Gasteiger partial charge in [0.25, 0.3) is 0 Å². The molecule has 1 fully saturated rings. The molecule has 1 heterocycles. The lowest BCUT2D eigenvalue weighted by Crippen LogP contribution is -2.66. The summed E-state index contributed by atoms with van der Waals surface area (Å²) in [5, 5.41) is 17.4. The second-order valence-electron chi connectivity index (χ2n) is 4.90. The van der Waals surface area contributed by atoms with Gasteiger partial charge in [-0.05, 0) is 20.8 Å². The molecule has 0 aromatic carbocycles. The van der Waals surface area contributed by atoms with Gasteiger partial charge in [0, 0.05) is 0 Å². The molecule has 6 heteroatoms. The number of alkyl halides is 1. The SMILES string of the molecule is CC(C)(C)OC(=O)N1CC(F)(C(O)C#N)C1. The number of aliphatic hydroxyl groups excluding tert-OH is 1. The number of likely N-dealkylation sites (tertiary alicyclic amines) is 1. The quantitative estimate of drug-likeness (QED) is 0.677. The molecule has 0 spiro atoms. The number of rotatable bonds is 1. The van der Waals surface area contributed by atoms with Crippen LogP contribution < -0.4 is 0 Å². The van der Waals surface area contributed by atoms with Gasteiger partial charge in [-0.25, -0.2) is 9.18 Å². The standard InChI is InChI=1S/C10H15FN2O3/c1-9(2,3)16-8(15)13-5-10(11,6-13)7(14)4-12/h7,14H,5-6H2,1-3H3. The molecule has 0 aromatic heterocycles. The van der Waals surface area contributed by atoms with Gasteiger partial charge in [-0.2, -0.15) is 5.26 Å². The Labute approximate surface area is 93.4 Å². The van der Waals surface area contributed by atoms with Gasteiger partial charge in [0.2, 0.25) is 0 Å². The number of hydrogen-bond donors (Lipinski definition) is 1. The Hall–Kier alpha value is -1.35. The lowest BCUT2D eigenvalue weighted by molar-refractivity contribution is -0.0933. The van der Waals surface area contributed by atoms with Crippen LogP contribution in [-0.2, 0) is 4.74 Å². The molecule has 1 aliphatic heterocycles. The van der Waals surface area contributed by atoms with E-state index in [-0.39, 0.29) is 13.1 Å². The summed E-state index contributed by atoms with van der Waals surface area (Å²) in [5.41, 5.74) is -2.66. The largest absolute Gasteiger partial charge is 0.444 e. The summed E-state index contributed by atoms with van der Waals surface area (Å²) < 4.78 is 18.6. The molecule has 0 aromatic rings. The number of carbonyl (C=O) groups is 1. The van der Waals surface area contributed by atoms with Crippen LogP contribution in [0.1, 0.15) is 20.8 Å². The van der Waals surface area contributed by atoms with E-state index in [0.717, 1.165) is 4.90 Å². The minimum atomic E-state index is -2.02. The van der Waals surface area contributed by atoms with E-state index in [4.69, 9.17) is 15.1 Å². The van der Waals surface area contributed by atoms with Gasteiger partial charge in [-0.1, -0.05) is 0 Å². The topological polar surface area (TPSA) is 73.6 Å². The van der Waals surface area contributed by atoms with Crippen LogP contribution in [-0.4, -0.2) is 46.6 Å². The van der Waals surface area contributed by atoms with E-state index < -0.39 is 23.5 Å². The van der Waals surface area contributed by atoms with Crippen LogP contribution in [0.2, 0.25) is 0 Å². The number of ether oxygens (including phenoxy) is 1. The highest BCUT2D eigenvalue weighted by Gasteiger charge is 2.52. The fourth-order valence-electron chi connectivity index (χ4n) is 1.33. The third kappa shape index (κ3) is 2.61. The molecule has 0 radical (unpaired) electrons. The van der Waals surface area contributed by atoms with Gasteiger partial charge in [-0.3, -0.25) is 0 Å². The van der Waals surface area contributed by atoms with Crippen LogP contribution in [0, 0.1) is 11.3 Å². The smallest absolute Gasteiger partial charge is 0.410 e. The maximum absolute atomic E-state index is 13.6. The number of aliphatic hydroxyl groups is 1. The van der Waals surface area contributed by atoms with E-state index in [1.54, 1.807) is 20.8 Å². The summed E-state index contributed by atoms with van der Waals surface area (Å²) >= 11 is 0. The fraction of sp³-hybridized carbons (Fsp3) is 0.800. The van der Waals surface area contributed by atoms with Crippen molar-refractivity contribution in [1.29, 1.82) is 5.26 Å². The number of halogens is 1. The average Bonchev–Trinajstić information content (AvgIpc) is 2.08. The van der Waals surface area contributed by atoms with Crippen molar-refractivity contribution in [2.45, 2.75) is 38.1 Å². The maximum Gasteiger partial charge on any atom is 0.410 e. The molecule has 1 unspecified atom stereocenters. The average molecular weight is 230 g/mol. The zero-order valence-corrected chi connectivity index (χ0v) is 9.53. The number of nitriles is 1. The molecule has 0 bridgehead atoms. The van der Waals surface area contributed by atoms with Gasteiger partial charge < -0.3 is 14.7 Å². The zero-order chi connectivity index (χ0) is 12.6. The zero-order valence-electron chi connectivity index (χ0n) is 9.53. The second kappa shape index (κ2) is 3.91. The summed E-state index contributed by atoms with van der Waals surface area (Å²) in [4.78, 5) is 12.5. The molecule has 1 amide bonds. The first kappa shape index (κ1) is 12.7. The predicted molar refractivity (Wildman–Crippen MR) is 53.3 cm³/mol. The normalized spacial score (nSPS) is 20.6. The first-order valence-corrected chi connectivity index (χ1v) is 4.92. The molecule has 1 N–H and O–H groups in total. The van der Waals surface area contributed by atoms with Crippen LogP contribution >= 0.6 is 0 Å². The predicted octanol–water partition coefficient (Wildman–Crippen LogP) is 0.830. The van der Waals surface area contributed by atoms with Gasteiger partial charge in [0.15, 0.2) is 11.8 Å². The molecule has 0 aliphatic carbocycles. The van der Waals surface area contributed by atoms with E-state index in [9.17, 15) is 9.18 Å². The second-order valence-corrected chi connectivity index (χ2v) is 4.90. The maximum atomic E-state index is 13.6. The van der Waals surface area contributed by atoms with Gasteiger partial charge in [-0.15, -0.1) is 0 Å². The van der Waals surface area contributed by atoms with E-state index in [1.165, 1.54) is 6.07 Å². The van der Waals surface area contributed by atoms with Crippen LogP contribution in [0.25, 0.3) is 0 Å². The Balaban J connectivity index is 2.48. The van der Waals surface area contributed by atoms with Crippen molar-refractivity contribution < 1.29 is 19.0 Å². The van der Waals surface area contributed by atoms with Gasteiger partial charge in [0.1, 0.15) is 5.60 Å². The molecular formula is C10H15FN2O3. The minimum absolute atomic E-state index is 0.309. The van der Waals surface area contributed by atoms with Crippen molar-refractivity contribution in [2.75, 3.05) is 13.1 Å². The summed E-state index contributed by atoms with van der Waals surface area (Å²) in [6.07, 6.45) is -2.34. The molecular weight excluding hydrogens is 215 g/mol. The summed E-state index contributed by atoms with van der Waals surface area (Å²) in [6, 6.07) is 1.42. The Bertz CT molecular complexity index is 326. The number of amides is 1. The molecule has 16 heavy (non-hydrogen) atoms. The van der Waals surface area contributed by atoms with Crippen LogP contribution in [0.5, 0.6) is 0 Å². The van der Waals surface area contributed by atoms with E-state index in [2.05, 4.69) is 0 Å². The van der Waals surface area contributed by atoms with E-state index >= 15 is 0 Å². The molecule has 1 saturated heterocycles. The van der Waals surface area contributed by atoms with Gasteiger partial charge in [0.05, 0.1) is 19.2 Å². The van der Waals surface area contributed by atoms with Crippen molar-refractivity contribution >= 4 is 6.09 Å². The molecule has 1 rings (SSSR count). The molecule has 0 saturated carbocycles. The lowest BCUT2D eigenvalue weighted by atomic mass is 9.91. The van der Waals surface area contributed by atoms with Crippen LogP contribution in [0.3, 0.4) is 0 Å². The fourth-order valence-corrected chi connectivity index (χ4v) is 1.33. The van der Waals surface area contributed by atoms with E-state index in [1.807, 2.05) is 0 Å². The summed E-state index contributed by atoms with van der Waals surface area (Å²) in [7, 11) is 0. The summed E-state index contributed by atoms with van der Waals surface area (Å²) in [6.45, 7) is 4.50. The minimum Gasteiger partial charge on any atom is -0.444 e. The third-order valence-electron chi connectivity index (χ3n) is 2.17. The Morgan fingerprint density at radius 1 is 1.62 bits per heavy atom. The van der Waals surface area contributed by atoms with Gasteiger partial charge >= 0.3 is 6.09 Å². The number of nitrogens with zero attached hydrogens (tertiary/aromatic N) is 2.